The highest BCUT2D eigenvalue weighted by Gasteiger charge is 2.67. The maximum atomic E-state index is 12.5. The Morgan fingerprint density at radius 3 is 2.62 bits per heavy atom. The highest BCUT2D eigenvalue weighted by molar-refractivity contribution is 9.10. The van der Waals surface area contributed by atoms with Crippen LogP contribution in [0.2, 0.25) is 0 Å². The maximum absolute atomic E-state index is 12.5. The van der Waals surface area contributed by atoms with Crippen LogP contribution in [0.3, 0.4) is 0 Å². The van der Waals surface area contributed by atoms with Crippen molar-refractivity contribution in [1.82, 2.24) is 0 Å². The molecule has 0 spiro atoms. The molecule has 0 aromatic carbocycles. The van der Waals surface area contributed by atoms with Crippen LogP contribution in [0.5, 0.6) is 0 Å². The third kappa shape index (κ3) is 1.93. The highest BCUT2D eigenvalue weighted by Crippen LogP contribution is 2.69. The molecule has 0 aromatic heterocycles. The van der Waals surface area contributed by atoms with E-state index in [0.29, 0.717) is 48.1 Å². The number of hydrogen-bond donors (Lipinski definition) is 1. The van der Waals surface area contributed by atoms with E-state index in [2.05, 4.69) is 29.8 Å². The third-order valence-electron chi connectivity index (χ3n) is 8.68. The maximum Gasteiger partial charge on any atom is 0.139 e. The molecule has 0 amide bonds. The molecule has 4 saturated carbocycles. The van der Waals surface area contributed by atoms with Crippen LogP contribution < -0.4 is 0 Å². The summed E-state index contributed by atoms with van der Waals surface area (Å²) in [6.07, 6.45) is 6.79. The van der Waals surface area contributed by atoms with Crippen LogP contribution in [0.25, 0.3) is 0 Å². The van der Waals surface area contributed by atoms with Crippen LogP contribution in [0.4, 0.5) is 0 Å². The summed E-state index contributed by atoms with van der Waals surface area (Å²) in [7, 11) is 0. The molecular formula is C20H29BrO3. The molecule has 4 heteroatoms. The number of ketones is 2. The second-order valence-corrected chi connectivity index (χ2v) is 10.7. The van der Waals surface area contributed by atoms with E-state index in [9.17, 15) is 14.7 Å². The lowest BCUT2D eigenvalue weighted by Crippen LogP contribution is -2.65. The first-order valence-electron chi connectivity index (χ1n) is 9.63. The van der Waals surface area contributed by atoms with Crippen molar-refractivity contribution < 1.29 is 14.7 Å². The van der Waals surface area contributed by atoms with E-state index in [1.54, 1.807) is 0 Å². The number of carbonyl (C=O) groups excluding carboxylic acids is 2. The van der Waals surface area contributed by atoms with Gasteiger partial charge in [-0.15, -0.1) is 0 Å². The minimum absolute atomic E-state index is 0.131. The minimum atomic E-state index is -0.262. The molecule has 4 aliphatic rings. The number of Topliss-reactive ketones (excluding diaryl/α,β-unsaturated/α-hetero) is 2. The van der Waals surface area contributed by atoms with Gasteiger partial charge in [0, 0.05) is 34.4 Å². The van der Waals surface area contributed by atoms with Gasteiger partial charge in [0.15, 0.2) is 0 Å². The van der Waals surface area contributed by atoms with Crippen molar-refractivity contribution in [3.05, 3.63) is 0 Å². The Labute approximate surface area is 153 Å². The molecule has 0 unspecified atom stereocenters. The first-order chi connectivity index (χ1) is 11.3. The summed E-state index contributed by atoms with van der Waals surface area (Å²) in [6, 6.07) is 0. The van der Waals surface area contributed by atoms with Crippen LogP contribution in [0, 0.1) is 34.5 Å². The van der Waals surface area contributed by atoms with Gasteiger partial charge in [-0.05, 0) is 55.8 Å². The first-order valence-corrected chi connectivity index (χ1v) is 10.4. The fourth-order valence-corrected chi connectivity index (χ4v) is 8.39. The molecular weight excluding hydrogens is 368 g/mol. The molecule has 0 radical (unpaired) electrons. The van der Waals surface area contributed by atoms with Crippen LogP contribution >= 0.6 is 15.9 Å². The second kappa shape index (κ2) is 5.39. The lowest BCUT2D eigenvalue weighted by Gasteiger charge is -2.65. The first kappa shape index (κ1) is 17.2. The van der Waals surface area contributed by atoms with Crippen LogP contribution in [-0.4, -0.2) is 27.6 Å². The van der Waals surface area contributed by atoms with E-state index in [1.165, 1.54) is 0 Å². The van der Waals surface area contributed by atoms with E-state index in [1.807, 2.05) is 0 Å². The standard InChI is InChI=1S/C20H29BrO3/c1-12-9-14-15-3-4-17(24)18(15,2)7-6-16(14)19(11-22)8-5-13(23)10-20(12,19)21/h12,14-16,22H,3-11H2,1-2H3/t12-,14+,15+,16+,18+,19+,20+/m1/s1. The summed E-state index contributed by atoms with van der Waals surface area (Å²) in [4.78, 5) is 24.7. The molecule has 4 fully saturated rings. The molecule has 4 aliphatic carbocycles. The number of aliphatic hydroxyl groups is 1. The molecule has 0 aromatic rings. The van der Waals surface area contributed by atoms with Crippen molar-refractivity contribution in [3.8, 4) is 0 Å². The molecule has 7 atom stereocenters. The van der Waals surface area contributed by atoms with Gasteiger partial charge in [0.2, 0.25) is 0 Å². The number of halogens is 1. The van der Waals surface area contributed by atoms with E-state index >= 15 is 0 Å². The zero-order valence-corrected chi connectivity index (χ0v) is 16.4. The van der Waals surface area contributed by atoms with Gasteiger partial charge in [-0.3, -0.25) is 9.59 Å². The minimum Gasteiger partial charge on any atom is -0.396 e. The highest BCUT2D eigenvalue weighted by atomic mass is 79.9. The van der Waals surface area contributed by atoms with Crippen molar-refractivity contribution in [2.24, 2.45) is 34.5 Å². The lowest BCUT2D eigenvalue weighted by atomic mass is 9.43. The number of carbonyl (C=O) groups is 2. The predicted octanol–water partition coefficient (Wildman–Crippen LogP) is 3.90. The van der Waals surface area contributed by atoms with Crippen molar-refractivity contribution in [2.75, 3.05) is 6.61 Å². The van der Waals surface area contributed by atoms with Crippen LogP contribution in [0.1, 0.15) is 65.2 Å². The molecule has 0 saturated heterocycles. The summed E-state index contributed by atoms with van der Waals surface area (Å²) in [5, 5.41) is 10.5. The number of aliphatic hydroxyl groups excluding tert-OH is 1. The van der Waals surface area contributed by atoms with Crippen LogP contribution in [0.15, 0.2) is 0 Å². The van der Waals surface area contributed by atoms with Gasteiger partial charge in [-0.25, -0.2) is 0 Å². The van der Waals surface area contributed by atoms with E-state index in [0.717, 1.165) is 38.5 Å². The van der Waals surface area contributed by atoms with Gasteiger partial charge < -0.3 is 5.11 Å². The smallest absolute Gasteiger partial charge is 0.139 e. The zero-order valence-electron chi connectivity index (χ0n) is 14.8. The Morgan fingerprint density at radius 1 is 1.17 bits per heavy atom. The Balaban J connectivity index is 1.77. The Morgan fingerprint density at radius 2 is 1.92 bits per heavy atom. The van der Waals surface area contributed by atoms with Gasteiger partial charge in [0.1, 0.15) is 11.6 Å². The largest absolute Gasteiger partial charge is 0.396 e. The molecule has 134 valence electrons. The summed E-state index contributed by atoms with van der Waals surface area (Å²) < 4.78 is -0.262. The van der Waals surface area contributed by atoms with E-state index < -0.39 is 0 Å². The summed E-state index contributed by atoms with van der Waals surface area (Å²) in [5.41, 5.74) is -0.329. The van der Waals surface area contributed by atoms with E-state index in [-0.39, 0.29) is 21.8 Å². The number of alkyl halides is 1. The zero-order chi connectivity index (χ0) is 17.3. The molecule has 3 nitrogen and oxygen atoms in total. The predicted molar refractivity (Wildman–Crippen MR) is 95.9 cm³/mol. The molecule has 0 heterocycles. The van der Waals surface area contributed by atoms with E-state index in [4.69, 9.17) is 0 Å². The number of hydrogen-bond acceptors (Lipinski definition) is 3. The van der Waals surface area contributed by atoms with Gasteiger partial charge in [-0.2, -0.15) is 0 Å². The molecule has 4 rings (SSSR count). The third-order valence-corrected chi connectivity index (χ3v) is 10.5. The van der Waals surface area contributed by atoms with Gasteiger partial charge in [0.05, 0.1) is 6.61 Å². The Bertz CT molecular complexity index is 589. The van der Waals surface area contributed by atoms with Gasteiger partial charge in [0.25, 0.3) is 0 Å². The normalized spacial score (nSPS) is 54.2. The van der Waals surface area contributed by atoms with Crippen LogP contribution in [-0.2, 0) is 9.59 Å². The molecule has 24 heavy (non-hydrogen) atoms. The molecule has 0 aliphatic heterocycles. The Hall–Kier alpha value is -0.220. The number of rotatable bonds is 1. The fourth-order valence-electron chi connectivity index (χ4n) is 7.28. The monoisotopic (exact) mass is 396 g/mol. The average molecular weight is 397 g/mol. The van der Waals surface area contributed by atoms with Crippen molar-refractivity contribution >= 4 is 27.5 Å². The summed E-state index contributed by atoms with van der Waals surface area (Å²) >= 11 is 4.01. The second-order valence-electron chi connectivity index (χ2n) is 9.32. The van der Waals surface area contributed by atoms with Gasteiger partial charge >= 0.3 is 0 Å². The molecule has 0 bridgehead atoms. The van der Waals surface area contributed by atoms with Crippen molar-refractivity contribution in [1.29, 1.82) is 0 Å². The topological polar surface area (TPSA) is 54.4 Å². The Kier molecular flexibility index (Phi) is 3.86. The fraction of sp³-hybridized carbons (Fsp3) is 0.900. The number of fused-ring (bicyclic) bond motifs is 5. The molecule has 1 N–H and O–H groups in total. The quantitative estimate of drug-likeness (QED) is 0.683. The SMILES string of the molecule is C[C@@H]1C[C@@H]2[C@H](CC[C@]3(C)C(=O)CC[C@@H]23)[C@@]2(CO)CCC(=O)C[C@]12Br. The van der Waals surface area contributed by atoms with Crippen molar-refractivity contribution in [3.63, 3.8) is 0 Å². The summed E-state index contributed by atoms with van der Waals surface area (Å²) in [6.45, 7) is 4.60. The van der Waals surface area contributed by atoms with Gasteiger partial charge in [-0.1, -0.05) is 29.8 Å². The van der Waals surface area contributed by atoms with Crippen molar-refractivity contribution in [2.45, 2.75) is 69.5 Å². The average Bonchev–Trinajstić information content (AvgIpc) is 2.84. The summed E-state index contributed by atoms with van der Waals surface area (Å²) in [5.74, 6) is 2.59. The lowest BCUT2D eigenvalue weighted by molar-refractivity contribution is -0.155.